The van der Waals surface area contributed by atoms with Crippen LogP contribution in [0.3, 0.4) is 0 Å². The van der Waals surface area contributed by atoms with Gasteiger partial charge in [0.1, 0.15) is 0 Å². The molecule has 98 valence electrons. The van der Waals surface area contributed by atoms with Gasteiger partial charge in [-0.1, -0.05) is 18.2 Å². The van der Waals surface area contributed by atoms with E-state index >= 15 is 0 Å². The summed E-state index contributed by atoms with van der Waals surface area (Å²) in [7, 11) is 4.21. The molecule has 2 atom stereocenters. The highest BCUT2D eigenvalue weighted by molar-refractivity contribution is 6.05. The van der Waals surface area contributed by atoms with Crippen molar-refractivity contribution in [3.05, 3.63) is 35.5 Å². The van der Waals surface area contributed by atoms with Crippen molar-refractivity contribution in [3.63, 3.8) is 0 Å². The number of aryl methyl sites for hydroxylation is 1. The Labute approximate surface area is 112 Å². The van der Waals surface area contributed by atoms with E-state index in [1.807, 2.05) is 13.1 Å². The second-order valence-corrected chi connectivity index (χ2v) is 5.92. The first-order chi connectivity index (χ1) is 9.18. The summed E-state index contributed by atoms with van der Waals surface area (Å²) >= 11 is 0. The zero-order chi connectivity index (χ0) is 13.1. The third kappa shape index (κ3) is 1.34. The number of rotatable bonds is 0. The smallest absolute Gasteiger partial charge is 0.182 e. The summed E-state index contributed by atoms with van der Waals surface area (Å²) in [4.78, 5) is 15.1. The fourth-order valence-corrected chi connectivity index (χ4v) is 3.91. The molecule has 2 aliphatic rings. The van der Waals surface area contributed by atoms with Crippen LogP contribution in [0.5, 0.6) is 0 Å². The molecule has 4 rings (SSSR count). The van der Waals surface area contributed by atoms with Crippen LogP contribution in [0.15, 0.2) is 24.3 Å². The molecule has 0 amide bonds. The number of carbonyl (C=O) groups is 1. The topological polar surface area (TPSA) is 25.2 Å². The second kappa shape index (κ2) is 3.70. The van der Waals surface area contributed by atoms with Gasteiger partial charge in [-0.25, -0.2) is 0 Å². The SMILES string of the molecule is CN1CC[C@@H]2C[C@H]1c1c(n(C)c3ccccc13)C2=O. The van der Waals surface area contributed by atoms with Gasteiger partial charge in [-0.15, -0.1) is 0 Å². The molecule has 19 heavy (non-hydrogen) atoms. The van der Waals surface area contributed by atoms with Crippen molar-refractivity contribution in [2.24, 2.45) is 13.0 Å². The number of carbonyl (C=O) groups excluding carboxylic acids is 1. The van der Waals surface area contributed by atoms with Crippen molar-refractivity contribution in [1.82, 2.24) is 9.47 Å². The molecule has 2 heterocycles. The van der Waals surface area contributed by atoms with Gasteiger partial charge in [0.15, 0.2) is 5.78 Å². The monoisotopic (exact) mass is 254 g/mol. The van der Waals surface area contributed by atoms with Crippen LogP contribution in [-0.2, 0) is 7.05 Å². The third-order valence-corrected chi connectivity index (χ3v) is 4.95. The van der Waals surface area contributed by atoms with Gasteiger partial charge in [-0.3, -0.25) is 9.69 Å². The molecule has 1 aliphatic carbocycles. The predicted octanol–water partition coefficient (Wildman–Crippen LogP) is 2.76. The standard InChI is InChI=1S/C16H18N2O/c1-17-8-7-10-9-13(17)14-11-5-3-4-6-12(11)18(2)15(14)16(10)19/h3-6,10,13H,7-9H2,1-2H3/t10-,13+/m1/s1. The lowest BCUT2D eigenvalue weighted by molar-refractivity contribution is 0.0720. The summed E-state index contributed by atoms with van der Waals surface area (Å²) in [6, 6.07) is 8.81. The van der Waals surface area contributed by atoms with E-state index in [1.165, 1.54) is 16.5 Å². The van der Waals surface area contributed by atoms with E-state index in [0.29, 0.717) is 11.8 Å². The molecular formula is C16H18N2O. The maximum atomic E-state index is 12.7. The number of aromatic nitrogens is 1. The van der Waals surface area contributed by atoms with Crippen molar-refractivity contribution in [1.29, 1.82) is 0 Å². The largest absolute Gasteiger partial charge is 0.341 e. The molecule has 1 aromatic carbocycles. The number of para-hydroxylation sites is 1. The normalized spacial score (nSPS) is 26.7. The quantitative estimate of drug-likeness (QED) is 0.722. The van der Waals surface area contributed by atoms with E-state index in [2.05, 4.69) is 34.7 Å². The third-order valence-electron chi connectivity index (χ3n) is 4.95. The Morgan fingerprint density at radius 1 is 1.21 bits per heavy atom. The van der Waals surface area contributed by atoms with Crippen LogP contribution in [0.4, 0.5) is 0 Å². The second-order valence-electron chi connectivity index (χ2n) is 5.92. The number of nitrogens with zero attached hydrogens (tertiary/aromatic N) is 2. The highest BCUT2D eigenvalue weighted by Crippen LogP contribution is 2.45. The van der Waals surface area contributed by atoms with Crippen LogP contribution in [-0.4, -0.2) is 28.8 Å². The number of hydrogen-bond donors (Lipinski definition) is 0. The maximum absolute atomic E-state index is 12.7. The fourth-order valence-electron chi connectivity index (χ4n) is 3.91. The first-order valence-electron chi connectivity index (χ1n) is 7.00. The van der Waals surface area contributed by atoms with Crippen LogP contribution in [0, 0.1) is 5.92 Å². The van der Waals surface area contributed by atoms with Crippen LogP contribution < -0.4 is 0 Å². The highest BCUT2D eigenvalue weighted by Gasteiger charge is 2.41. The number of ketones is 1. The van der Waals surface area contributed by atoms with Gasteiger partial charge in [-0.05, 0) is 32.5 Å². The van der Waals surface area contributed by atoms with Crippen LogP contribution >= 0.6 is 0 Å². The molecule has 1 aliphatic heterocycles. The van der Waals surface area contributed by atoms with Gasteiger partial charge in [0, 0.05) is 35.5 Å². The van der Waals surface area contributed by atoms with E-state index in [9.17, 15) is 4.79 Å². The summed E-state index contributed by atoms with van der Waals surface area (Å²) in [6.45, 7) is 1.03. The van der Waals surface area contributed by atoms with E-state index in [4.69, 9.17) is 0 Å². The van der Waals surface area contributed by atoms with E-state index in [0.717, 1.165) is 25.1 Å². The van der Waals surface area contributed by atoms with Gasteiger partial charge in [0.25, 0.3) is 0 Å². The van der Waals surface area contributed by atoms with Gasteiger partial charge >= 0.3 is 0 Å². The molecule has 3 nitrogen and oxygen atoms in total. The zero-order valence-corrected chi connectivity index (χ0v) is 11.4. The zero-order valence-electron chi connectivity index (χ0n) is 11.4. The van der Waals surface area contributed by atoms with Gasteiger partial charge < -0.3 is 4.57 Å². The Morgan fingerprint density at radius 3 is 2.84 bits per heavy atom. The van der Waals surface area contributed by atoms with Crippen LogP contribution in [0.2, 0.25) is 0 Å². The molecule has 0 saturated carbocycles. The van der Waals surface area contributed by atoms with Crippen LogP contribution in [0.1, 0.15) is 34.9 Å². The summed E-state index contributed by atoms with van der Waals surface area (Å²) in [6.07, 6.45) is 2.00. The molecule has 1 aromatic heterocycles. The molecule has 0 radical (unpaired) electrons. The van der Waals surface area contributed by atoms with Crippen molar-refractivity contribution < 1.29 is 4.79 Å². The number of Topliss-reactive ketones (excluding diaryl/α,β-unsaturated/α-hetero) is 1. The van der Waals surface area contributed by atoms with Crippen LogP contribution in [0.25, 0.3) is 10.9 Å². The molecule has 3 heteroatoms. The number of fused-ring (bicyclic) bond motifs is 6. The summed E-state index contributed by atoms with van der Waals surface area (Å²) in [5.74, 6) is 0.592. The molecule has 0 N–H and O–H groups in total. The first-order valence-corrected chi connectivity index (χ1v) is 7.00. The Hall–Kier alpha value is -1.61. The highest BCUT2D eigenvalue weighted by atomic mass is 16.1. The first kappa shape index (κ1) is 11.2. The van der Waals surface area contributed by atoms with Gasteiger partial charge in [0.05, 0.1) is 5.69 Å². The lowest BCUT2D eigenvalue weighted by Crippen LogP contribution is -2.41. The molecule has 0 spiro atoms. The molecule has 2 bridgehead atoms. The minimum atomic E-state index is 0.233. The molecular weight excluding hydrogens is 236 g/mol. The number of piperidine rings is 1. The molecule has 1 fully saturated rings. The number of benzene rings is 1. The average Bonchev–Trinajstić information content (AvgIpc) is 2.73. The predicted molar refractivity (Wildman–Crippen MR) is 75.3 cm³/mol. The van der Waals surface area contributed by atoms with Crippen molar-refractivity contribution in [2.75, 3.05) is 13.6 Å². The summed E-state index contributed by atoms with van der Waals surface area (Å²) in [5, 5.41) is 1.26. The molecule has 0 unspecified atom stereocenters. The Balaban J connectivity index is 2.09. The molecule has 2 aromatic rings. The van der Waals surface area contributed by atoms with E-state index < -0.39 is 0 Å². The minimum absolute atomic E-state index is 0.233. The van der Waals surface area contributed by atoms with Gasteiger partial charge in [0.2, 0.25) is 0 Å². The summed E-state index contributed by atoms with van der Waals surface area (Å²) in [5.41, 5.74) is 3.40. The lowest BCUT2D eigenvalue weighted by Gasteiger charge is -2.40. The summed E-state index contributed by atoms with van der Waals surface area (Å²) < 4.78 is 2.10. The van der Waals surface area contributed by atoms with E-state index in [-0.39, 0.29) is 5.92 Å². The molecule has 1 saturated heterocycles. The van der Waals surface area contributed by atoms with Gasteiger partial charge in [-0.2, -0.15) is 0 Å². The average molecular weight is 254 g/mol. The van der Waals surface area contributed by atoms with Crippen molar-refractivity contribution >= 4 is 16.7 Å². The van der Waals surface area contributed by atoms with E-state index in [1.54, 1.807) is 0 Å². The minimum Gasteiger partial charge on any atom is -0.341 e. The van der Waals surface area contributed by atoms with Crippen molar-refractivity contribution in [2.45, 2.75) is 18.9 Å². The van der Waals surface area contributed by atoms with Crippen molar-refractivity contribution in [3.8, 4) is 0 Å². The number of hydrogen-bond acceptors (Lipinski definition) is 2. The fraction of sp³-hybridized carbons (Fsp3) is 0.438. The Bertz CT molecular complexity index is 685. The Morgan fingerprint density at radius 2 is 2.00 bits per heavy atom. The Kier molecular flexibility index (Phi) is 2.19. The lowest BCUT2D eigenvalue weighted by atomic mass is 9.77. The maximum Gasteiger partial charge on any atom is 0.182 e. The number of likely N-dealkylation sites (tertiary alicyclic amines) is 1.